The van der Waals surface area contributed by atoms with Gasteiger partial charge in [-0.15, -0.1) is 0 Å². The molecule has 0 saturated carbocycles. The summed E-state index contributed by atoms with van der Waals surface area (Å²) >= 11 is 0. The molecular formula is C21H26N4O4. The first-order chi connectivity index (χ1) is 13.9. The van der Waals surface area contributed by atoms with Gasteiger partial charge in [0.05, 0.1) is 29.1 Å². The zero-order valence-electron chi connectivity index (χ0n) is 16.8. The first kappa shape index (κ1) is 20.6. The highest BCUT2D eigenvalue weighted by Gasteiger charge is 2.15. The van der Waals surface area contributed by atoms with Crippen LogP contribution in [0, 0.1) is 10.1 Å². The third-order valence-electron chi connectivity index (χ3n) is 4.78. The second-order valence-electron chi connectivity index (χ2n) is 7.20. The zero-order valence-corrected chi connectivity index (χ0v) is 16.8. The number of aliphatic hydroxyl groups excluding tert-OH is 1. The smallest absolute Gasteiger partial charge is 0.269 e. The standard InChI is InChI=1S/C21H26N4O4/c1-4-17(12-26)29-18-9-19(21-20(10-18)24(13-23-21)14(2)3)22-11-15-6-5-7-16(8-15)25(27)28/h5-10,13-14,17,22,26H,4,11-12H2,1-3H3. The van der Waals surface area contributed by atoms with Gasteiger partial charge in [0.2, 0.25) is 0 Å². The third-order valence-corrected chi connectivity index (χ3v) is 4.78. The molecule has 1 heterocycles. The minimum Gasteiger partial charge on any atom is -0.488 e. The maximum atomic E-state index is 11.0. The van der Waals surface area contributed by atoms with Crippen molar-refractivity contribution >= 4 is 22.4 Å². The Balaban J connectivity index is 1.94. The lowest BCUT2D eigenvalue weighted by molar-refractivity contribution is -0.384. The zero-order chi connectivity index (χ0) is 21.0. The number of nitrogens with one attached hydrogen (secondary N) is 1. The molecule has 0 spiro atoms. The van der Waals surface area contributed by atoms with Crippen molar-refractivity contribution in [3.63, 3.8) is 0 Å². The fourth-order valence-electron chi connectivity index (χ4n) is 3.14. The molecule has 0 aliphatic rings. The number of rotatable bonds is 9. The molecule has 3 aromatic rings. The molecule has 3 rings (SSSR count). The van der Waals surface area contributed by atoms with Crippen LogP contribution in [0.4, 0.5) is 11.4 Å². The SMILES string of the molecule is CCC(CO)Oc1cc(NCc2cccc([N+](=O)[O-])c2)c2ncn(C(C)C)c2c1. The number of fused-ring (bicyclic) bond motifs is 1. The summed E-state index contributed by atoms with van der Waals surface area (Å²) in [6, 6.07) is 10.5. The average Bonchev–Trinajstić information content (AvgIpc) is 3.14. The molecule has 0 aliphatic carbocycles. The van der Waals surface area contributed by atoms with Crippen molar-refractivity contribution in [1.82, 2.24) is 9.55 Å². The Morgan fingerprint density at radius 3 is 2.76 bits per heavy atom. The van der Waals surface area contributed by atoms with Crippen LogP contribution in [0.2, 0.25) is 0 Å². The maximum Gasteiger partial charge on any atom is 0.269 e. The van der Waals surface area contributed by atoms with Gasteiger partial charge in [0.15, 0.2) is 0 Å². The van der Waals surface area contributed by atoms with Gasteiger partial charge in [-0.05, 0) is 25.8 Å². The number of non-ortho nitro benzene ring substituents is 1. The first-order valence-electron chi connectivity index (χ1n) is 9.68. The van der Waals surface area contributed by atoms with Crippen LogP contribution in [0.15, 0.2) is 42.7 Å². The molecule has 0 amide bonds. The highest BCUT2D eigenvalue weighted by Crippen LogP contribution is 2.31. The quantitative estimate of drug-likeness (QED) is 0.412. The number of nitrogens with zero attached hydrogens (tertiary/aromatic N) is 3. The van der Waals surface area contributed by atoms with E-state index in [1.165, 1.54) is 6.07 Å². The topological polar surface area (TPSA) is 102 Å². The number of aliphatic hydroxyl groups is 1. The molecule has 29 heavy (non-hydrogen) atoms. The number of aromatic nitrogens is 2. The molecule has 2 N–H and O–H groups in total. The van der Waals surface area contributed by atoms with Crippen molar-refractivity contribution in [1.29, 1.82) is 0 Å². The Hall–Kier alpha value is -3.13. The minimum atomic E-state index is -0.403. The van der Waals surface area contributed by atoms with E-state index in [1.807, 2.05) is 25.1 Å². The summed E-state index contributed by atoms with van der Waals surface area (Å²) in [6.07, 6.45) is 2.20. The molecule has 8 heteroatoms. The number of imidazole rings is 1. The number of nitro benzene ring substituents is 1. The van der Waals surface area contributed by atoms with E-state index in [-0.39, 0.29) is 24.4 Å². The van der Waals surface area contributed by atoms with Gasteiger partial charge in [-0.25, -0.2) is 4.98 Å². The van der Waals surface area contributed by atoms with E-state index in [0.717, 1.165) is 22.3 Å². The van der Waals surface area contributed by atoms with Crippen LogP contribution < -0.4 is 10.1 Å². The second kappa shape index (κ2) is 8.91. The van der Waals surface area contributed by atoms with E-state index in [9.17, 15) is 15.2 Å². The summed E-state index contributed by atoms with van der Waals surface area (Å²) in [7, 11) is 0. The summed E-state index contributed by atoms with van der Waals surface area (Å²) in [5, 5.41) is 23.8. The van der Waals surface area contributed by atoms with Crippen LogP contribution >= 0.6 is 0 Å². The van der Waals surface area contributed by atoms with Crippen LogP contribution in [0.1, 0.15) is 38.8 Å². The Labute approximate surface area is 169 Å². The molecule has 2 aromatic carbocycles. The van der Waals surface area contributed by atoms with Crippen molar-refractivity contribution in [2.75, 3.05) is 11.9 Å². The van der Waals surface area contributed by atoms with Gasteiger partial charge >= 0.3 is 0 Å². The van der Waals surface area contributed by atoms with Gasteiger partial charge in [-0.1, -0.05) is 19.1 Å². The molecule has 1 unspecified atom stereocenters. The first-order valence-corrected chi connectivity index (χ1v) is 9.68. The van der Waals surface area contributed by atoms with Gasteiger partial charge in [0.25, 0.3) is 5.69 Å². The Kier molecular flexibility index (Phi) is 6.33. The molecule has 0 fully saturated rings. The number of hydrogen-bond donors (Lipinski definition) is 2. The van der Waals surface area contributed by atoms with Crippen molar-refractivity contribution in [2.24, 2.45) is 0 Å². The third kappa shape index (κ3) is 4.65. The molecule has 1 aromatic heterocycles. The van der Waals surface area contributed by atoms with E-state index in [0.29, 0.717) is 18.7 Å². The van der Waals surface area contributed by atoms with Crippen LogP contribution in [0.25, 0.3) is 11.0 Å². The van der Waals surface area contributed by atoms with Gasteiger partial charge in [0, 0.05) is 36.9 Å². The molecule has 0 bridgehead atoms. The summed E-state index contributed by atoms with van der Waals surface area (Å²) in [4.78, 5) is 15.2. The number of ether oxygens (including phenoxy) is 1. The Morgan fingerprint density at radius 1 is 1.31 bits per heavy atom. The van der Waals surface area contributed by atoms with Crippen LogP contribution in [-0.4, -0.2) is 32.3 Å². The van der Waals surface area contributed by atoms with Crippen molar-refractivity contribution in [3.05, 3.63) is 58.4 Å². The maximum absolute atomic E-state index is 11.0. The van der Waals surface area contributed by atoms with Crippen molar-refractivity contribution in [3.8, 4) is 5.75 Å². The van der Waals surface area contributed by atoms with E-state index >= 15 is 0 Å². The molecule has 0 saturated heterocycles. The Bertz CT molecular complexity index is 996. The van der Waals surface area contributed by atoms with E-state index in [1.54, 1.807) is 18.5 Å². The molecular weight excluding hydrogens is 372 g/mol. The highest BCUT2D eigenvalue weighted by atomic mass is 16.6. The number of benzene rings is 2. The minimum absolute atomic E-state index is 0.0596. The Morgan fingerprint density at radius 2 is 2.10 bits per heavy atom. The molecule has 1 atom stereocenters. The predicted octanol–water partition coefficient (Wildman–Crippen LogP) is 4.29. The van der Waals surface area contributed by atoms with Gasteiger partial charge < -0.3 is 19.7 Å². The molecule has 0 aliphatic heterocycles. The number of hydrogen-bond acceptors (Lipinski definition) is 6. The summed E-state index contributed by atoms with van der Waals surface area (Å²) in [5.74, 6) is 0.641. The summed E-state index contributed by atoms with van der Waals surface area (Å²) in [5.41, 5.74) is 3.35. The van der Waals surface area contributed by atoms with Crippen molar-refractivity contribution < 1.29 is 14.8 Å². The van der Waals surface area contributed by atoms with E-state index in [4.69, 9.17) is 4.74 Å². The molecule has 8 nitrogen and oxygen atoms in total. The number of anilines is 1. The van der Waals surface area contributed by atoms with Crippen LogP contribution in [-0.2, 0) is 6.54 Å². The van der Waals surface area contributed by atoms with Crippen LogP contribution in [0.5, 0.6) is 5.75 Å². The monoisotopic (exact) mass is 398 g/mol. The van der Waals surface area contributed by atoms with Gasteiger partial charge in [-0.2, -0.15) is 0 Å². The van der Waals surface area contributed by atoms with Gasteiger partial charge in [0.1, 0.15) is 17.4 Å². The lowest BCUT2D eigenvalue weighted by Gasteiger charge is -2.17. The summed E-state index contributed by atoms with van der Waals surface area (Å²) < 4.78 is 8.00. The van der Waals surface area contributed by atoms with E-state index < -0.39 is 4.92 Å². The normalized spacial score (nSPS) is 12.3. The predicted molar refractivity (Wildman–Crippen MR) is 112 cm³/mol. The lowest BCUT2D eigenvalue weighted by Crippen LogP contribution is -2.19. The van der Waals surface area contributed by atoms with Gasteiger partial charge in [-0.3, -0.25) is 10.1 Å². The fraction of sp³-hybridized carbons (Fsp3) is 0.381. The average molecular weight is 398 g/mol. The largest absolute Gasteiger partial charge is 0.488 e. The van der Waals surface area contributed by atoms with Crippen LogP contribution in [0.3, 0.4) is 0 Å². The second-order valence-corrected chi connectivity index (χ2v) is 7.20. The van der Waals surface area contributed by atoms with E-state index in [2.05, 4.69) is 28.7 Å². The molecule has 154 valence electrons. The lowest BCUT2D eigenvalue weighted by atomic mass is 10.2. The molecule has 0 radical (unpaired) electrons. The van der Waals surface area contributed by atoms with Crippen molar-refractivity contribution in [2.45, 2.75) is 45.9 Å². The number of nitro groups is 1. The summed E-state index contributed by atoms with van der Waals surface area (Å²) in [6.45, 7) is 6.46. The highest BCUT2D eigenvalue weighted by molar-refractivity contribution is 5.90. The fourth-order valence-corrected chi connectivity index (χ4v) is 3.14.